The van der Waals surface area contributed by atoms with Gasteiger partial charge in [0, 0.05) is 16.4 Å². The van der Waals surface area contributed by atoms with Gasteiger partial charge in [0.05, 0.1) is 0 Å². The van der Waals surface area contributed by atoms with Gasteiger partial charge in [0.25, 0.3) is 0 Å². The number of nitrogens with one attached hydrogen (secondary N) is 1. The molecule has 1 atom stereocenters. The smallest absolute Gasteiger partial charge is 0.0178 e. The van der Waals surface area contributed by atoms with E-state index in [1.165, 1.54) is 36.8 Å². The third-order valence-corrected chi connectivity index (χ3v) is 4.25. The zero-order valence-electron chi connectivity index (χ0n) is 8.15. The van der Waals surface area contributed by atoms with Gasteiger partial charge in [0.1, 0.15) is 0 Å². The second kappa shape index (κ2) is 3.07. The standard InChI is InChI=1S/C12H14BrN/c13-10-2-1-9-3-4-12(11(9)7-10)5-6-14-8-12/h1-2,7,14H,3-6,8H2. The Morgan fingerprint density at radius 3 is 3.00 bits per heavy atom. The van der Waals surface area contributed by atoms with E-state index in [0.717, 1.165) is 0 Å². The summed E-state index contributed by atoms with van der Waals surface area (Å²) in [5.41, 5.74) is 3.63. The van der Waals surface area contributed by atoms with Crippen molar-refractivity contribution in [3.63, 3.8) is 0 Å². The van der Waals surface area contributed by atoms with Crippen LogP contribution in [-0.2, 0) is 11.8 Å². The molecular weight excluding hydrogens is 238 g/mol. The minimum absolute atomic E-state index is 0.471. The molecule has 0 radical (unpaired) electrons. The van der Waals surface area contributed by atoms with Crippen molar-refractivity contribution >= 4 is 15.9 Å². The minimum atomic E-state index is 0.471. The number of halogens is 1. The highest BCUT2D eigenvalue weighted by atomic mass is 79.9. The molecule has 1 heterocycles. The largest absolute Gasteiger partial charge is 0.316 e. The van der Waals surface area contributed by atoms with Gasteiger partial charge in [0.2, 0.25) is 0 Å². The molecule has 0 saturated carbocycles. The van der Waals surface area contributed by atoms with Crippen molar-refractivity contribution in [1.29, 1.82) is 0 Å². The van der Waals surface area contributed by atoms with Crippen molar-refractivity contribution < 1.29 is 0 Å². The summed E-state index contributed by atoms with van der Waals surface area (Å²) in [5, 5.41) is 3.50. The number of hydrogen-bond acceptors (Lipinski definition) is 1. The molecule has 1 fully saturated rings. The summed E-state index contributed by atoms with van der Waals surface area (Å²) in [6.45, 7) is 2.36. The maximum atomic E-state index is 3.57. The first-order valence-corrected chi connectivity index (χ1v) is 6.09. The highest BCUT2D eigenvalue weighted by Gasteiger charge is 2.40. The lowest BCUT2D eigenvalue weighted by Gasteiger charge is -2.23. The van der Waals surface area contributed by atoms with Gasteiger partial charge in [-0.25, -0.2) is 0 Å². The molecule has 1 N–H and O–H groups in total. The summed E-state index contributed by atoms with van der Waals surface area (Å²) in [5.74, 6) is 0. The molecule has 1 aliphatic heterocycles. The third kappa shape index (κ3) is 1.17. The number of aryl methyl sites for hydroxylation is 1. The molecule has 2 heteroatoms. The van der Waals surface area contributed by atoms with E-state index in [2.05, 4.69) is 39.4 Å². The Balaban J connectivity index is 2.12. The van der Waals surface area contributed by atoms with Crippen LogP contribution in [0.15, 0.2) is 22.7 Å². The Kier molecular flexibility index (Phi) is 1.96. The van der Waals surface area contributed by atoms with Gasteiger partial charge in [-0.1, -0.05) is 22.0 Å². The van der Waals surface area contributed by atoms with E-state index in [1.807, 2.05) is 0 Å². The van der Waals surface area contributed by atoms with Gasteiger partial charge < -0.3 is 5.32 Å². The van der Waals surface area contributed by atoms with Crippen molar-refractivity contribution in [1.82, 2.24) is 5.32 Å². The van der Waals surface area contributed by atoms with E-state index in [-0.39, 0.29) is 0 Å². The number of benzene rings is 1. The Bertz CT molecular complexity index is 367. The van der Waals surface area contributed by atoms with Gasteiger partial charge in [-0.15, -0.1) is 0 Å². The maximum absolute atomic E-state index is 3.57. The average Bonchev–Trinajstić information content (AvgIpc) is 2.77. The van der Waals surface area contributed by atoms with E-state index in [1.54, 1.807) is 11.1 Å². The molecule has 1 aliphatic carbocycles. The number of hydrogen-bond donors (Lipinski definition) is 1. The van der Waals surface area contributed by atoms with Crippen LogP contribution in [0.1, 0.15) is 24.0 Å². The summed E-state index contributed by atoms with van der Waals surface area (Å²) in [4.78, 5) is 0. The van der Waals surface area contributed by atoms with Crippen molar-refractivity contribution in [3.05, 3.63) is 33.8 Å². The normalized spacial score (nSPS) is 29.8. The predicted molar refractivity (Wildman–Crippen MR) is 61.6 cm³/mol. The molecule has 1 spiro atoms. The minimum Gasteiger partial charge on any atom is -0.316 e. The summed E-state index contributed by atoms with van der Waals surface area (Å²) in [6.07, 6.45) is 3.92. The summed E-state index contributed by atoms with van der Waals surface area (Å²) in [6, 6.07) is 6.78. The van der Waals surface area contributed by atoms with E-state index in [4.69, 9.17) is 0 Å². The van der Waals surface area contributed by atoms with Crippen molar-refractivity contribution in [3.8, 4) is 0 Å². The first kappa shape index (κ1) is 8.93. The topological polar surface area (TPSA) is 12.0 Å². The molecule has 1 saturated heterocycles. The van der Waals surface area contributed by atoms with Crippen LogP contribution >= 0.6 is 15.9 Å². The molecule has 1 aromatic rings. The van der Waals surface area contributed by atoms with Crippen LogP contribution in [0.5, 0.6) is 0 Å². The molecular formula is C12H14BrN. The molecule has 1 aromatic carbocycles. The second-order valence-corrected chi connectivity index (χ2v) is 5.42. The van der Waals surface area contributed by atoms with Gasteiger partial charge in [-0.2, -0.15) is 0 Å². The molecule has 0 bridgehead atoms. The quantitative estimate of drug-likeness (QED) is 0.748. The van der Waals surface area contributed by atoms with Crippen LogP contribution in [0, 0.1) is 0 Å². The SMILES string of the molecule is Brc1ccc2c(c1)C1(CCNC1)CC2. The lowest BCUT2D eigenvalue weighted by Crippen LogP contribution is -2.25. The van der Waals surface area contributed by atoms with Crippen molar-refractivity contribution in [2.24, 2.45) is 0 Å². The fourth-order valence-electron chi connectivity index (χ4n) is 2.96. The molecule has 1 unspecified atom stereocenters. The predicted octanol–water partition coefficient (Wildman–Crippen LogP) is 2.63. The van der Waals surface area contributed by atoms with Gasteiger partial charge in [-0.3, -0.25) is 0 Å². The van der Waals surface area contributed by atoms with E-state index >= 15 is 0 Å². The fourth-order valence-corrected chi connectivity index (χ4v) is 3.32. The van der Waals surface area contributed by atoms with Crippen LogP contribution in [0.25, 0.3) is 0 Å². The zero-order valence-corrected chi connectivity index (χ0v) is 9.73. The van der Waals surface area contributed by atoms with E-state index in [9.17, 15) is 0 Å². The van der Waals surface area contributed by atoms with Crippen molar-refractivity contribution in [2.75, 3.05) is 13.1 Å². The first-order chi connectivity index (χ1) is 6.80. The Morgan fingerprint density at radius 1 is 1.29 bits per heavy atom. The molecule has 2 aliphatic rings. The molecule has 3 rings (SSSR count). The highest BCUT2D eigenvalue weighted by Crippen LogP contribution is 2.43. The Hall–Kier alpha value is -0.340. The number of fused-ring (bicyclic) bond motifs is 2. The molecule has 0 amide bonds. The van der Waals surface area contributed by atoms with Gasteiger partial charge in [-0.05, 0) is 49.1 Å². The second-order valence-electron chi connectivity index (χ2n) is 4.51. The van der Waals surface area contributed by atoms with Crippen LogP contribution in [-0.4, -0.2) is 13.1 Å². The van der Waals surface area contributed by atoms with E-state index in [0.29, 0.717) is 5.41 Å². The molecule has 1 nitrogen and oxygen atoms in total. The monoisotopic (exact) mass is 251 g/mol. The zero-order chi connectivity index (χ0) is 9.60. The summed E-state index contributed by atoms with van der Waals surface area (Å²) in [7, 11) is 0. The van der Waals surface area contributed by atoms with Crippen LogP contribution in [0.4, 0.5) is 0 Å². The Labute approximate surface area is 93.0 Å². The Morgan fingerprint density at radius 2 is 2.21 bits per heavy atom. The van der Waals surface area contributed by atoms with Crippen molar-refractivity contribution in [2.45, 2.75) is 24.7 Å². The lowest BCUT2D eigenvalue weighted by molar-refractivity contribution is 0.468. The fraction of sp³-hybridized carbons (Fsp3) is 0.500. The van der Waals surface area contributed by atoms with Gasteiger partial charge >= 0.3 is 0 Å². The summed E-state index contributed by atoms with van der Waals surface area (Å²) < 4.78 is 1.23. The molecule has 74 valence electrons. The van der Waals surface area contributed by atoms with Crippen LogP contribution in [0.3, 0.4) is 0 Å². The lowest BCUT2D eigenvalue weighted by atomic mass is 9.81. The summed E-state index contributed by atoms with van der Waals surface area (Å²) >= 11 is 3.57. The molecule has 0 aromatic heterocycles. The highest BCUT2D eigenvalue weighted by molar-refractivity contribution is 9.10. The average molecular weight is 252 g/mol. The van der Waals surface area contributed by atoms with Crippen LogP contribution in [0.2, 0.25) is 0 Å². The first-order valence-electron chi connectivity index (χ1n) is 5.30. The maximum Gasteiger partial charge on any atom is 0.0178 e. The van der Waals surface area contributed by atoms with E-state index < -0.39 is 0 Å². The third-order valence-electron chi connectivity index (χ3n) is 3.76. The molecule has 14 heavy (non-hydrogen) atoms. The van der Waals surface area contributed by atoms with Gasteiger partial charge in [0.15, 0.2) is 0 Å². The van der Waals surface area contributed by atoms with Crippen LogP contribution < -0.4 is 5.32 Å². The number of rotatable bonds is 0.